The highest BCUT2D eigenvalue weighted by molar-refractivity contribution is 6.30. The zero-order chi connectivity index (χ0) is 20.1. The van der Waals surface area contributed by atoms with Gasteiger partial charge in [-0.05, 0) is 61.7 Å². The minimum atomic E-state index is -0.373. The molecule has 1 aliphatic rings. The van der Waals surface area contributed by atoms with Gasteiger partial charge in [-0.1, -0.05) is 23.7 Å². The molecule has 1 heterocycles. The third kappa shape index (κ3) is 5.03. The molecule has 0 bridgehead atoms. The molecule has 6 nitrogen and oxygen atoms in total. The van der Waals surface area contributed by atoms with Gasteiger partial charge >= 0.3 is 6.03 Å². The van der Waals surface area contributed by atoms with Gasteiger partial charge < -0.3 is 20.3 Å². The maximum Gasteiger partial charge on any atom is 0.322 e. The lowest BCUT2D eigenvalue weighted by Gasteiger charge is -2.25. The minimum absolute atomic E-state index is 0.109. The molecule has 0 aliphatic carbocycles. The third-order valence-electron chi connectivity index (χ3n) is 4.88. The summed E-state index contributed by atoms with van der Waals surface area (Å²) in [5, 5.41) is 6.36. The Balaban J connectivity index is 1.56. The maximum atomic E-state index is 12.5. The van der Waals surface area contributed by atoms with Crippen LogP contribution in [0.5, 0.6) is 0 Å². The molecule has 148 valence electrons. The van der Waals surface area contributed by atoms with Gasteiger partial charge in [-0.2, -0.15) is 0 Å². The van der Waals surface area contributed by atoms with Gasteiger partial charge in [0, 0.05) is 30.1 Å². The molecule has 3 amide bonds. The number of ether oxygens (including phenoxy) is 1. The highest BCUT2D eigenvalue weighted by atomic mass is 35.5. The summed E-state index contributed by atoms with van der Waals surface area (Å²) in [4.78, 5) is 26.2. The molecule has 0 saturated carbocycles. The van der Waals surface area contributed by atoms with E-state index in [2.05, 4.69) is 10.6 Å². The number of rotatable bonds is 5. The van der Waals surface area contributed by atoms with Crippen LogP contribution in [-0.4, -0.2) is 36.6 Å². The molecule has 0 radical (unpaired) electrons. The smallest absolute Gasteiger partial charge is 0.322 e. The largest absolute Gasteiger partial charge is 0.368 e. The predicted octanol–water partition coefficient (Wildman–Crippen LogP) is 4.68. The van der Waals surface area contributed by atoms with E-state index in [0.717, 1.165) is 18.4 Å². The number of amides is 3. The number of benzene rings is 2. The van der Waals surface area contributed by atoms with Crippen molar-refractivity contribution in [2.75, 3.05) is 24.3 Å². The summed E-state index contributed by atoms with van der Waals surface area (Å²) in [7, 11) is 1.74. The molecule has 2 N–H and O–H groups in total. The zero-order valence-electron chi connectivity index (χ0n) is 15.9. The van der Waals surface area contributed by atoms with Crippen LogP contribution in [0.4, 0.5) is 16.2 Å². The molecule has 7 heteroatoms. The average molecular weight is 402 g/mol. The maximum absolute atomic E-state index is 12.5. The van der Waals surface area contributed by atoms with Crippen molar-refractivity contribution >= 4 is 34.9 Å². The lowest BCUT2D eigenvalue weighted by molar-refractivity contribution is -0.124. The van der Waals surface area contributed by atoms with Gasteiger partial charge in [0.05, 0.1) is 6.04 Å². The lowest BCUT2D eigenvalue weighted by Crippen LogP contribution is -2.33. The molecule has 1 fully saturated rings. The first-order valence-electron chi connectivity index (χ1n) is 9.26. The van der Waals surface area contributed by atoms with Crippen LogP contribution in [0.25, 0.3) is 0 Å². The molecular formula is C21H24ClN3O3. The predicted molar refractivity (Wildman–Crippen MR) is 111 cm³/mol. The van der Waals surface area contributed by atoms with E-state index in [-0.39, 0.29) is 24.1 Å². The number of hydrogen-bond acceptors (Lipinski definition) is 3. The number of nitrogens with one attached hydrogen (secondary N) is 2. The van der Waals surface area contributed by atoms with Crippen LogP contribution in [0.3, 0.4) is 0 Å². The van der Waals surface area contributed by atoms with Crippen molar-refractivity contribution < 1.29 is 14.3 Å². The summed E-state index contributed by atoms with van der Waals surface area (Å²) in [6.45, 7) is 2.58. The van der Waals surface area contributed by atoms with E-state index >= 15 is 0 Å². The van der Waals surface area contributed by atoms with Crippen LogP contribution in [0.1, 0.15) is 31.4 Å². The van der Waals surface area contributed by atoms with Crippen molar-refractivity contribution in [1.29, 1.82) is 0 Å². The fourth-order valence-corrected chi connectivity index (χ4v) is 3.12. The third-order valence-corrected chi connectivity index (χ3v) is 5.13. The van der Waals surface area contributed by atoms with Gasteiger partial charge in [0.25, 0.3) is 5.91 Å². The monoisotopic (exact) mass is 401 g/mol. The second kappa shape index (κ2) is 9.08. The van der Waals surface area contributed by atoms with Gasteiger partial charge in [0.2, 0.25) is 0 Å². The Hall–Kier alpha value is -2.57. The second-order valence-corrected chi connectivity index (χ2v) is 7.27. The Labute approximate surface area is 169 Å². The van der Waals surface area contributed by atoms with E-state index in [1.54, 1.807) is 36.2 Å². The van der Waals surface area contributed by atoms with Crippen molar-refractivity contribution in [2.45, 2.75) is 31.9 Å². The van der Waals surface area contributed by atoms with Crippen LogP contribution in [0.15, 0.2) is 48.5 Å². The fraction of sp³-hybridized carbons (Fsp3) is 0.333. The first kappa shape index (κ1) is 20.2. The van der Waals surface area contributed by atoms with E-state index < -0.39 is 0 Å². The molecule has 2 aromatic carbocycles. The first-order chi connectivity index (χ1) is 13.4. The molecule has 0 aromatic heterocycles. The average Bonchev–Trinajstić information content (AvgIpc) is 3.24. The standard InChI is InChI=1S/C21H24ClN3O3/c1-14(15-5-7-16(22)8-6-15)25(2)21(27)24-18-11-9-17(10-12-18)23-20(26)19-4-3-13-28-19/h5-12,14,19H,3-4,13H2,1-2H3,(H,23,26)(H,24,27). The molecular weight excluding hydrogens is 378 g/mol. The second-order valence-electron chi connectivity index (χ2n) is 6.84. The lowest BCUT2D eigenvalue weighted by atomic mass is 10.1. The van der Waals surface area contributed by atoms with Gasteiger partial charge in [0.15, 0.2) is 0 Å². The van der Waals surface area contributed by atoms with Crippen LogP contribution >= 0.6 is 11.6 Å². The number of nitrogens with zero attached hydrogens (tertiary/aromatic N) is 1. The quantitative estimate of drug-likeness (QED) is 0.763. The molecule has 2 unspecified atom stereocenters. The fourth-order valence-electron chi connectivity index (χ4n) is 3.00. The number of hydrogen-bond donors (Lipinski definition) is 2. The van der Waals surface area contributed by atoms with Crippen molar-refractivity contribution in [2.24, 2.45) is 0 Å². The summed E-state index contributed by atoms with van der Waals surface area (Å²) >= 11 is 5.92. The molecule has 1 aliphatic heterocycles. The van der Waals surface area contributed by atoms with Crippen LogP contribution < -0.4 is 10.6 Å². The number of carbonyl (C=O) groups excluding carboxylic acids is 2. The number of carbonyl (C=O) groups is 2. The first-order valence-corrected chi connectivity index (χ1v) is 9.63. The summed E-state index contributed by atoms with van der Waals surface area (Å²) < 4.78 is 5.37. The number of urea groups is 1. The summed E-state index contributed by atoms with van der Waals surface area (Å²) in [5.74, 6) is -0.134. The summed E-state index contributed by atoms with van der Waals surface area (Å²) in [5.41, 5.74) is 2.31. The molecule has 3 rings (SSSR count). The van der Waals surface area contributed by atoms with Crippen molar-refractivity contribution in [3.05, 3.63) is 59.1 Å². The molecule has 1 saturated heterocycles. The highest BCUT2D eigenvalue weighted by Gasteiger charge is 2.23. The van der Waals surface area contributed by atoms with Gasteiger partial charge in [-0.25, -0.2) is 4.79 Å². The zero-order valence-corrected chi connectivity index (χ0v) is 16.7. The molecule has 0 spiro atoms. The SMILES string of the molecule is CC(c1ccc(Cl)cc1)N(C)C(=O)Nc1ccc(NC(=O)C2CCCO2)cc1. The van der Waals surface area contributed by atoms with E-state index in [1.807, 2.05) is 31.2 Å². The number of anilines is 2. The Morgan fingerprint density at radius 3 is 2.25 bits per heavy atom. The van der Waals surface area contributed by atoms with Crippen molar-refractivity contribution in [3.8, 4) is 0 Å². The van der Waals surface area contributed by atoms with E-state index in [1.165, 1.54) is 0 Å². The van der Waals surface area contributed by atoms with Gasteiger partial charge in [-0.3, -0.25) is 4.79 Å². The number of halogens is 1. The van der Waals surface area contributed by atoms with Crippen molar-refractivity contribution in [3.63, 3.8) is 0 Å². The Bertz CT molecular complexity index is 818. The molecule has 2 atom stereocenters. The topological polar surface area (TPSA) is 70.7 Å². The Kier molecular flexibility index (Phi) is 6.54. The van der Waals surface area contributed by atoms with Crippen LogP contribution in [0, 0.1) is 0 Å². The van der Waals surface area contributed by atoms with Gasteiger partial charge in [0.1, 0.15) is 6.10 Å². The van der Waals surface area contributed by atoms with Crippen LogP contribution in [0.2, 0.25) is 5.02 Å². The van der Waals surface area contributed by atoms with E-state index in [0.29, 0.717) is 23.0 Å². The normalized spacial score (nSPS) is 17.0. The van der Waals surface area contributed by atoms with Crippen molar-refractivity contribution in [1.82, 2.24) is 4.90 Å². The Morgan fingerprint density at radius 2 is 1.68 bits per heavy atom. The molecule has 2 aromatic rings. The summed E-state index contributed by atoms with van der Waals surface area (Å²) in [6.07, 6.45) is 1.28. The van der Waals surface area contributed by atoms with Crippen LogP contribution in [-0.2, 0) is 9.53 Å². The summed E-state index contributed by atoms with van der Waals surface area (Å²) in [6, 6.07) is 14.1. The van der Waals surface area contributed by atoms with Gasteiger partial charge in [-0.15, -0.1) is 0 Å². The highest BCUT2D eigenvalue weighted by Crippen LogP contribution is 2.22. The molecule has 28 heavy (non-hydrogen) atoms. The Morgan fingerprint density at radius 1 is 1.07 bits per heavy atom. The van der Waals surface area contributed by atoms with E-state index in [4.69, 9.17) is 16.3 Å². The minimum Gasteiger partial charge on any atom is -0.368 e. The van der Waals surface area contributed by atoms with E-state index in [9.17, 15) is 9.59 Å².